The van der Waals surface area contributed by atoms with Gasteiger partial charge < -0.3 is 14.8 Å². The second-order valence-corrected chi connectivity index (χ2v) is 5.23. The summed E-state index contributed by atoms with van der Waals surface area (Å²) in [7, 11) is 0. The van der Waals surface area contributed by atoms with Gasteiger partial charge in [0.15, 0.2) is 0 Å². The van der Waals surface area contributed by atoms with Crippen LogP contribution in [0, 0.1) is 0 Å². The lowest BCUT2D eigenvalue weighted by Crippen LogP contribution is -2.32. The molecule has 22 heavy (non-hydrogen) atoms. The van der Waals surface area contributed by atoms with E-state index in [2.05, 4.69) is 5.32 Å². The van der Waals surface area contributed by atoms with Crippen LogP contribution in [0.2, 0.25) is 0 Å². The third-order valence-electron chi connectivity index (χ3n) is 3.67. The third kappa shape index (κ3) is 3.46. The van der Waals surface area contributed by atoms with Crippen LogP contribution in [-0.2, 0) is 16.1 Å². The van der Waals surface area contributed by atoms with Crippen LogP contribution in [0.5, 0.6) is 5.75 Å². The average Bonchev–Trinajstić information content (AvgIpc) is 2.99. The second-order valence-electron chi connectivity index (χ2n) is 5.23. The van der Waals surface area contributed by atoms with Gasteiger partial charge in [-0.3, -0.25) is 4.79 Å². The molecule has 1 N–H and O–H groups in total. The smallest absolute Gasteiger partial charge is 0.231 e. The van der Waals surface area contributed by atoms with Crippen LogP contribution in [0.25, 0.3) is 0 Å². The van der Waals surface area contributed by atoms with Crippen molar-refractivity contribution < 1.29 is 14.3 Å². The maximum absolute atomic E-state index is 12.2. The second kappa shape index (κ2) is 7.09. The maximum Gasteiger partial charge on any atom is 0.231 e. The Morgan fingerprint density at radius 1 is 1.14 bits per heavy atom. The largest absolute Gasteiger partial charge is 0.492 e. The zero-order chi connectivity index (χ0) is 15.2. The number of fused-ring (bicyclic) bond motifs is 1. The fourth-order valence-corrected chi connectivity index (χ4v) is 2.51. The van der Waals surface area contributed by atoms with E-state index in [4.69, 9.17) is 9.47 Å². The van der Waals surface area contributed by atoms with Crippen LogP contribution in [0.15, 0.2) is 54.6 Å². The minimum atomic E-state index is -0.217. The molecule has 1 aliphatic heterocycles. The molecular weight excluding hydrogens is 278 g/mol. The first kappa shape index (κ1) is 14.6. The molecule has 4 nitrogen and oxygen atoms in total. The number of rotatable bonds is 6. The number of nitrogens with one attached hydrogen (secondary N) is 1. The molecule has 0 aliphatic carbocycles. The normalized spacial score (nSPS) is 15.9. The van der Waals surface area contributed by atoms with Gasteiger partial charge in [0.25, 0.3) is 0 Å². The molecule has 1 unspecified atom stereocenters. The fourth-order valence-electron chi connectivity index (χ4n) is 2.51. The Hall–Kier alpha value is -2.33. The third-order valence-corrected chi connectivity index (χ3v) is 3.67. The van der Waals surface area contributed by atoms with Crippen molar-refractivity contribution in [3.8, 4) is 5.75 Å². The van der Waals surface area contributed by atoms with Gasteiger partial charge in [-0.2, -0.15) is 0 Å². The molecular formula is C18H19NO3. The summed E-state index contributed by atoms with van der Waals surface area (Å²) in [5.41, 5.74) is 2.09. The van der Waals surface area contributed by atoms with E-state index in [1.54, 1.807) is 0 Å². The Balaban J connectivity index is 1.40. The number of benzene rings is 2. The summed E-state index contributed by atoms with van der Waals surface area (Å²) in [4.78, 5) is 12.2. The zero-order valence-electron chi connectivity index (χ0n) is 12.3. The van der Waals surface area contributed by atoms with Crippen LogP contribution >= 0.6 is 0 Å². The summed E-state index contributed by atoms with van der Waals surface area (Å²) in [6.45, 7) is 1.97. The molecule has 0 saturated heterocycles. The van der Waals surface area contributed by atoms with E-state index in [9.17, 15) is 4.79 Å². The number of para-hydroxylation sites is 1. The van der Waals surface area contributed by atoms with Gasteiger partial charge in [0.1, 0.15) is 18.3 Å². The number of hydrogen-bond donors (Lipinski definition) is 1. The van der Waals surface area contributed by atoms with Crippen LogP contribution in [0.1, 0.15) is 17.0 Å². The topological polar surface area (TPSA) is 47.6 Å². The van der Waals surface area contributed by atoms with E-state index in [0.29, 0.717) is 26.4 Å². The lowest BCUT2D eigenvalue weighted by atomic mass is 10.0. The van der Waals surface area contributed by atoms with Gasteiger partial charge in [0.05, 0.1) is 13.2 Å². The van der Waals surface area contributed by atoms with Crippen LogP contribution < -0.4 is 10.1 Å². The molecule has 1 aliphatic rings. The monoisotopic (exact) mass is 297 g/mol. The highest BCUT2D eigenvalue weighted by molar-refractivity contribution is 5.85. The molecule has 1 amide bonds. The van der Waals surface area contributed by atoms with Gasteiger partial charge in [0, 0.05) is 12.1 Å². The van der Waals surface area contributed by atoms with Gasteiger partial charge in [-0.25, -0.2) is 0 Å². The van der Waals surface area contributed by atoms with Gasteiger partial charge in [-0.1, -0.05) is 48.5 Å². The molecule has 2 aromatic carbocycles. The van der Waals surface area contributed by atoms with Crippen molar-refractivity contribution in [2.45, 2.75) is 12.5 Å². The van der Waals surface area contributed by atoms with E-state index in [-0.39, 0.29) is 11.8 Å². The average molecular weight is 297 g/mol. The minimum Gasteiger partial charge on any atom is -0.492 e. The standard InChI is InChI=1S/C18H19NO3/c20-18(16-13-22-17-9-5-4-8-15(16)17)19-10-11-21-12-14-6-2-1-3-7-14/h1-9,16H,10-13H2,(H,19,20). The first-order chi connectivity index (χ1) is 10.8. The van der Waals surface area contributed by atoms with E-state index in [0.717, 1.165) is 16.9 Å². The Labute approximate surface area is 130 Å². The Bertz CT molecular complexity index is 627. The summed E-state index contributed by atoms with van der Waals surface area (Å²) in [5.74, 6) is 0.585. The summed E-state index contributed by atoms with van der Waals surface area (Å²) >= 11 is 0. The number of ether oxygens (including phenoxy) is 2. The van der Waals surface area contributed by atoms with Gasteiger partial charge >= 0.3 is 0 Å². The molecule has 0 bridgehead atoms. The molecule has 1 atom stereocenters. The highest BCUT2D eigenvalue weighted by Gasteiger charge is 2.29. The Kier molecular flexibility index (Phi) is 4.71. The Morgan fingerprint density at radius 2 is 1.91 bits per heavy atom. The van der Waals surface area contributed by atoms with Crippen molar-refractivity contribution in [2.24, 2.45) is 0 Å². The number of carbonyl (C=O) groups excluding carboxylic acids is 1. The van der Waals surface area contributed by atoms with E-state index >= 15 is 0 Å². The first-order valence-corrected chi connectivity index (χ1v) is 7.46. The Morgan fingerprint density at radius 3 is 2.77 bits per heavy atom. The summed E-state index contributed by atoms with van der Waals surface area (Å²) in [6, 6.07) is 17.7. The fraction of sp³-hybridized carbons (Fsp3) is 0.278. The molecule has 0 saturated carbocycles. The summed E-state index contributed by atoms with van der Waals surface area (Å²) < 4.78 is 11.1. The lowest BCUT2D eigenvalue weighted by Gasteiger charge is -2.10. The number of hydrogen-bond acceptors (Lipinski definition) is 3. The summed E-state index contributed by atoms with van der Waals surface area (Å²) in [6.07, 6.45) is 0. The van der Waals surface area contributed by atoms with Crippen molar-refractivity contribution in [3.63, 3.8) is 0 Å². The van der Waals surface area contributed by atoms with E-state index in [1.807, 2.05) is 54.6 Å². The molecule has 0 fully saturated rings. The van der Waals surface area contributed by atoms with Gasteiger partial charge in [-0.15, -0.1) is 0 Å². The van der Waals surface area contributed by atoms with Crippen LogP contribution in [0.3, 0.4) is 0 Å². The molecule has 1 heterocycles. The number of carbonyl (C=O) groups is 1. The molecule has 2 aromatic rings. The van der Waals surface area contributed by atoms with Gasteiger partial charge in [-0.05, 0) is 11.6 Å². The van der Waals surface area contributed by atoms with Crippen molar-refractivity contribution in [2.75, 3.05) is 19.8 Å². The van der Waals surface area contributed by atoms with E-state index < -0.39 is 0 Å². The first-order valence-electron chi connectivity index (χ1n) is 7.46. The SMILES string of the molecule is O=C(NCCOCc1ccccc1)C1COc2ccccc21. The lowest BCUT2D eigenvalue weighted by molar-refractivity contribution is -0.123. The quantitative estimate of drug-likeness (QED) is 0.833. The minimum absolute atomic E-state index is 0.00624. The molecule has 114 valence electrons. The highest BCUT2D eigenvalue weighted by Crippen LogP contribution is 2.33. The van der Waals surface area contributed by atoms with Crippen LogP contribution in [0.4, 0.5) is 0 Å². The summed E-state index contributed by atoms with van der Waals surface area (Å²) in [5, 5.41) is 2.91. The van der Waals surface area contributed by atoms with Crippen molar-refractivity contribution in [1.82, 2.24) is 5.32 Å². The maximum atomic E-state index is 12.2. The molecule has 4 heteroatoms. The predicted molar refractivity (Wildman–Crippen MR) is 83.8 cm³/mol. The molecule has 0 aromatic heterocycles. The molecule has 3 rings (SSSR count). The van der Waals surface area contributed by atoms with Crippen molar-refractivity contribution in [3.05, 3.63) is 65.7 Å². The van der Waals surface area contributed by atoms with E-state index in [1.165, 1.54) is 0 Å². The van der Waals surface area contributed by atoms with Crippen molar-refractivity contribution in [1.29, 1.82) is 0 Å². The number of amides is 1. The molecule has 0 spiro atoms. The highest BCUT2D eigenvalue weighted by atomic mass is 16.5. The zero-order valence-corrected chi connectivity index (χ0v) is 12.3. The van der Waals surface area contributed by atoms with Crippen LogP contribution in [-0.4, -0.2) is 25.7 Å². The molecule has 0 radical (unpaired) electrons. The van der Waals surface area contributed by atoms with Crippen molar-refractivity contribution >= 4 is 5.91 Å². The predicted octanol–water partition coefficient (Wildman–Crippen LogP) is 2.50. The van der Waals surface area contributed by atoms with Gasteiger partial charge in [0.2, 0.25) is 5.91 Å².